The van der Waals surface area contributed by atoms with E-state index in [-0.39, 0.29) is 6.42 Å². The zero-order valence-corrected chi connectivity index (χ0v) is 9.68. The van der Waals surface area contributed by atoms with Crippen molar-refractivity contribution >= 4 is 23.9 Å². The minimum Gasteiger partial charge on any atom is -0.478 e. The number of rotatable bonds is 6. The number of carboxylic acids is 3. The van der Waals surface area contributed by atoms with Gasteiger partial charge in [-0.15, -0.1) is 0 Å². The van der Waals surface area contributed by atoms with Crippen LogP contribution in [0, 0.1) is 0 Å². The highest BCUT2D eigenvalue weighted by Gasteiger charge is 1.95. The fourth-order valence-corrected chi connectivity index (χ4v) is 0.540. The van der Waals surface area contributed by atoms with Gasteiger partial charge in [-0.25, -0.2) is 14.4 Å². The van der Waals surface area contributed by atoms with Gasteiger partial charge in [0, 0.05) is 18.2 Å². The number of hydrogen-bond donors (Lipinski definition) is 3. The maximum absolute atomic E-state index is 10.5. The lowest BCUT2D eigenvalue weighted by Crippen LogP contribution is -1.96. The molecule has 0 heterocycles. The first-order valence-electron chi connectivity index (χ1n) is 4.63. The first kappa shape index (κ1) is 18.5. The van der Waals surface area contributed by atoms with Gasteiger partial charge in [0.15, 0.2) is 0 Å². The van der Waals surface area contributed by atoms with Crippen molar-refractivity contribution in [2.75, 3.05) is 0 Å². The Morgan fingerprint density at radius 1 is 0.895 bits per heavy atom. The largest absolute Gasteiger partial charge is 0.478 e. The Bertz CT molecular complexity index is 389. The number of carboxylic acid groups (broad SMARTS) is 3. The van der Waals surface area contributed by atoms with E-state index in [4.69, 9.17) is 15.3 Å². The lowest BCUT2D eigenvalue weighted by atomic mass is 10.4. The number of aliphatic carboxylic acids is 3. The van der Waals surface area contributed by atoms with Crippen LogP contribution in [0.2, 0.25) is 0 Å². The zero-order valence-electron chi connectivity index (χ0n) is 9.68. The van der Waals surface area contributed by atoms with Gasteiger partial charge in [-0.2, -0.15) is 0 Å². The van der Waals surface area contributed by atoms with Crippen LogP contribution in [0.3, 0.4) is 0 Å². The standard InChI is InChI=1S/C7H8O4.C4H4O4/c1-2-11-7(10)5-3-4-6(8)9;5-3(6)1-2-4(7)8/h2-4H,1,5H2,(H,8,9);1-2H,(H,5,6)(H,7,8)/b;2-1-. The molecule has 0 aromatic carbocycles. The van der Waals surface area contributed by atoms with E-state index in [1.54, 1.807) is 0 Å². The van der Waals surface area contributed by atoms with Crippen LogP contribution in [0.25, 0.3) is 0 Å². The average molecular weight is 272 g/mol. The van der Waals surface area contributed by atoms with Gasteiger partial charge in [0.1, 0.15) is 0 Å². The lowest BCUT2D eigenvalue weighted by molar-refractivity contribution is -0.137. The van der Waals surface area contributed by atoms with Gasteiger partial charge >= 0.3 is 23.9 Å². The Labute approximate surface area is 107 Å². The molecule has 0 radical (unpaired) electrons. The highest BCUT2D eigenvalue weighted by molar-refractivity contribution is 5.89. The van der Waals surface area contributed by atoms with Crippen molar-refractivity contribution in [1.29, 1.82) is 0 Å². The molecular formula is C11H12O8. The van der Waals surface area contributed by atoms with Crippen LogP contribution < -0.4 is 0 Å². The number of hydrogen-bond acceptors (Lipinski definition) is 5. The molecule has 0 bridgehead atoms. The fraction of sp³-hybridized carbons (Fsp3) is 0.0909. The summed E-state index contributed by atoms with van der Waals surface area (Å²) < 4.78 is 4.30. The summed E-state index contributed by atoms with van der Waals surface area (Å²) in [7, 11) is 0. The second kappa shape index (κ2) is 11.6. The van der Waals surface area contributed by atoms with E-state index < -0.39 is 23.9 Å². The van der Waals surface area contributed by atoms with E-state index in [0.717, 1.165) is 12.3 Å². The van der Waals surface area contributed by atoms with E-state index in [2.05, 4.69) is 11.3 Å². The summed E-state index contributed by atoms with van der Waals surface area (Å²) in [5.74, 6) is -4.13. The number of esters is 1. The number of carbonyl (C=O) groups excluding carboxylic acids is 1. The first-order valence-corrected chi connectivity index (χ1v) is 4.63. The summed E-state index contributed by atoms with van der Waals surface area (Å²) in [5, 5.41) is 23.7. The van der Waals surface area contributed by atoms with Crippen molar-refractivity contribution in [1.82, 2.24) is 0 Å². The summed E-state index contributed by atoms with van der Waals surface area (Å²) >= 11 is 0. The monoisotopic (exact) mass is 272 g/mol. The molecular weight excluding hydrogens is 260 g/mol. The van der Waals surface area contributed by atoms with Gasteiger partial charge in [0.2, 0.25) is 0 Å². The molecule has 0 saturated heterocycles. The van der Waals surface area contributed by atoms with Crippen LogP contribution in [-0.2, 0) is 23.9 Å². The molecule has 0 aromatic rings. The van der Waals surface area contributed by atoms with Crippen LogP contribution in [-0.4, -0.2) is 39.2 Å². The molecule has 0 aliphatic carbocycles. The average Bonchev–Trinajstić information content (AvgIpc) is 2.27. The molecule has 0 rings (SSSR count). The van der Waals surface area contributed by atoms with Crippen LogP contribution >= 0.6 is 0 Å². The van der Waals surface area contributed by atoms with E-state index in [0.29, 0.717) is 12.2 Å². The minimum atomic E-state index is -1.26. The maximum atomic E-state index is 10.5. The van der Waals surface area contributed by atoms with Crippen LogP contribution in [0.4, 0.5) is 0 Å². The van der Waals surface area contributed by atoms with Gasteiger partial charge in [-0.1, -0.05) is 12.7 Å². The molecule has 8 heteroatoms. The molecule has 0 amide bonds. The van der Waals surface area contributed by atoms with Crippen molar-refractivity contribution in [3.63, 3.8) is 0 Å². The van der Waals surface area contributed by atoms with E-state index >= 15 is 0 Å². The third-order valence-electron chi connectivity index (χ3n) is 1.13. The molecule has 0 atom stereocenters. The topological polar surface area (TPSA) is 138 Å². The third kappa shape index (κ3) is 21.0. The molecule has 19 heavy (non-hydrogen) atoms. The summed E-state index contributed by atoms with van der Waals surface area (Å²) in [4.78, 5) is 39.5. The van der Waals surface area contributed by atoms with Crippen LogP contribution in [0.1, 0.15) is 6.42 Å². The molecule has 0 aliphatic heterocycles. The second-order valence-corrected chi connectivity index (χ2v) is 2.61. The Balaban J connectivity index is 0. The SMILES string of the molecule is C=COC(=O)CC=CC(=O)O.O=C(O)/C=C\C(=O)O. The number of carbonyl (C=O) groups is 4. The normalized spacial score (nSPS) is 9.47. The molecule has 0 fully saturated rings. The zero-order chi connectivity index (χ0) is 15.3. The summed E-state index contributed by atoms with van der Waals surface area (Å²) in [6, 6.07) is 0. The quantitative estimate of drug-likeness (QED) is 0.359. The van der Waals surface area contributed by atoms with E-state index in [1.165, 1.54) is 6.08 Å². The molecule has 0 spiro atoms. The molecule has 3 N–H and O–H groups in total. The first-order chi connectivity index (χ1) is 8.79. The summed E-state index contributed by atoms with van der Waals surface area (Å²) in [5.41, 5.74) is 0. The van der Waals surface area contributed by atoms with Gasteiger partial charge in [-0.05, 0) is 0 Å². The van der Waals surface area contributed by atoms with Crippen molar-refractivity contribution in [3.05, 3.63) is 37.1 Å². The Kier molecular flexibility index (Phi) is 11.3. The van der Waals surface area contributed by atoms with Gasteiger partial charge in [0.25, 0.3) is 0 Å². The molecule has 0 saturated carbocycles. The van der Waals surface area contributed by atoms with Gasteiger partial charge in [-0.3, -0.25) is 4.79 Å². The summed E-state index contributed by atoms with van der Waals surface area (Å²) in [6.07, 6.45) is 4.14. The van der Waals surface area contributed by atoms with Crippen molar-refractivity contribution in [2.45, 2.75) is 6.42 Å². The Hall–Kier alpha value is -2.90. The molecule has 0 unspecified atom stereocenters. The van der Waals surface area contributed by atoms with Crippen LogP contribution in [0.5, 0.6) is 0 Å². The number of ether oxygens (including phenoxy) is 1. The minimum absolute atomic E-state index is 0.0572. The van der Waals surface area contributed by atoms with Crippen molar-refractivity contribution in [3.8, 4) is 0 Å². The maximum Gasteiger partial charge on any atom is 0.328 e. The van der Waals surface area contributed by atoms with E-state index in [1.807, 2.05) is 0 Å². The van der Waals surface area contributed by atoms with Crippen molar-refractivity contribution < 1.29 is 39.2 Å². The van der Waals surface area contributed by atoms with Crippen molar-refractivity contribution in [2.24, 2.45) is 0 Å². The fourth-order valence-electron chi connectivity index (χ4n) is 0.540. The molecule has 0 aliphatic rings. The smallest absolute Gasteiger partial charge is 0.328 e. The molecule has 8 nitrogen and oxygen atoms in total. The summed E-state index contributed by atoms with van der Waals surface area (Å²) in [6.45, 7) is 3.16. The van der Waals surface area contributed by atoms with Crippen LogP contribution in [0.15, 0.2) is 37.1 Å². The van der Waals surface area contributed by atoms with Gasteiger partial charge < -0.3 is 20.1 Å². The molecule has 104 valence electrons. The second-order valence-electron chi connectivity index (χ2n) is 2.61. The predicted octanol–water partition coefficient (Wildman–Crippen LogP) is 0.416. The highest BCUT2D eigenvalue weighted by atomic mass is 16.5. The van der Waals surface area contributed by atoms with E-state index in [9.17, 15) is 19.2 Å². The Morgan fingerprint density at radius 2 is 1.32 bits per heavy atom. The van der Waals surface area contributed by atoms with Gasteiger partial charge in [0.05, 0.1) is 12.7 Å². The highest BCUT2D eigenvalue weighted by Crippen LogP contribution is 1.88. The third-order valence-corrected chi connectivity index (χ3v) is 1.13. The Morgan fingerprint density at radius 3 is 1.63 bits per heavy atom. The molecule has 0 aromatic heterocycles. The predicted molar refractivity (Wildman–Crippen MR) is 62.1 cm³/mol. The lowest BCUT2D eigenvalue weighted by Gasteiger charge is -1.91.